The Hall–Kier alpha value is -1.74. The number of anilines is 1. The van der Waals surface area contributed by atoms with Gasteiger partial charge in [0.15, 0.2) is 0 Å². The molecule has 2 aromatic rings. The Balaban J connectivity index is 1.72. The fourth-order valence-corrected chi connectivity index (χ4v) is 2.45. The van der Waals surface area contributed by atoms with Gasteiger partial charge in [-0.1, -0.05) is 23.7 Å². The van der Waals surface area contributed by atoms with E-state index in [9.17, 15) is 0 Å². The number of hydrogen-bond donors (Lipinski definition) is 1. The molecule has 1 aliphatic heterocycles. The number of aromatic nitrogens is 1. The van der Waals surface area contributed by atoms with E-state index in [4.69, 9.17) is 16.3 Å². The van der Waals surface area contributed by atoms with Gasteiger partial charge in [0.1, 0.15) is 10.9 Å². The Kier molecular flexibility index (Phi) is 3.30. The summed E-state index contributed by atoms with van der Waals surface area (Å²) in [6, 6.07) is 10.1. The smallest absolute Gasteiger partial charge is 0.129 e. The number of fused-ring (bicyclic) bond motifs is 1. The van der Waals surface area contributed by atoms with Crippen LogP contribution in [0, 0.1) is 6.92 Å². The highest BCUT2D eigenvalue weighted by Gasteiger charge is 2.11. The minimum atomic E-state index is 0.526. The van der Waals surface area contributed by atoms with Crippen LogP contribution in [-0.4, -0.2) is 11.6 Å². The van der Waals surface area contributed by atoms with Gasteiger partial charge in [-0.2, -0.15) is 0 Å². The second-order valence-electron chi connectivity index (χ2n) is 4.66. The Morgan fingerprint density at radius 2 is 2.21 bits per heavy atom. The van der Waals surface area contributed by atoms with Crippen molar-refractivity contribution in [1.29, 1.82) is 0 Å². The van der Waals surface area contributed by atoms with E-state index in [-0.39, 0.29) is 0 Å². The number of halogens is 1. The molecule has 1 aliphatic rings. The molecule has 0 radical (unpaired) electrons. The van der Waals surface area contributed by atoms with Crippen LogP contribution >= 0.6 is 11.6 Å². The van der Waals surface area contributed by atoms with Gasteiger partial charge in [-0.15, -0.1) is 0 Å². The molecule has 0 atom stereocenters. The molecule has 1 aromatic heterocycles. The molecule has 0 fully saturated rings. The molecule has 2 heterocycles. The van der Waals surface area contributed by atoms with E-state index in [2.05, 4.69) is 22.4 Å². The van der Waals surface area contributed by atoms with Crippen LogP contribution in [0.2, 0.25) is 5.15 Å². The highest BCUT2D eigenvalue weighted by Crippen LogP contribution is 2.26. The summed E-state index contributed by atoms with van der Waals surface area (Å²) in [5, 5.41) is 3.91. The van der Waals surface area contributed by atoms with Gasteiger partial charge in [0.05, 0.1) is 18.0 Å². The number of ether oxygens (including phenoxy) is 1. The average molecular weight is 275 g/mol. The fraction of sp³-hybridized carbons (Fsp3) is 0.267. The van der Waals surface area contributed by atoms with E-state index in [1.807, 2.05) is 19.1 Å². The van der Waals surface area contributed by atoms with Crippen molar-refractivity contribution in [3.63, 3.8) is 0 Å². The van der Waals surface area contributed by atoms with E-state index in [0.717, 1.165) is 36.7 Å². The van der Waals surface area contributed by atoms with Gasteiger partial charge in [0.2, 0.25) is 0 Å². The Morgan fingerprint density at radius 3 is 3.05 bits per heavy atom. The van der Waals surface area contributed by atoms with Gasteiger partial charge in [0.25, 0.3) is 0 Å². The average Bonchev–Trinajstić information content (AvgIpc) is 2.85. The molecule has 1 N–H and O–H groups in total. The standard InChI is InChI=1S/C15H15ClN2O/c1-10-13(3-5-15(16)18-10)17-9-11-2-4-14-12(8-11)6-7-19-14/h2-5,8,17H,6-7,9H2,1H3. The monoisotopic (exact) mass is 274 g/mol. The first-order valence-electron chi connectivity index (χ1n) is 6.34. The number of benzene rings is 1. The topological polar surface area (TPSA) is 34.2 Å². The van der Waals surface area contributed by atoms with Gasteiger partial charge in [-0.25, -0.2) is 4.98 Å². The molecule has 19 heavy (non-hydrogen) atoms. The summed E-state index contributed by atoms with van der Waals surface area (Å²) in [4.78, 5) is 4.23. The number of rotatable bonds is 3. The first-order valence-corrected chi connectivity index (χ1v) is 6.72. The van der Waals surface area contributed by atoms with Crippen LogP contribution < -0.4 is 10.1 Å². The van der Waals surface area contributed by atoms with Crippen molar-refractivity contribution in [2.75, 3.05) is 11.9 Å². The summed E-state index contributed by atoms with van der Waals surface area (Å²) in [5.41, 5.74) is 4.47. The highest BCUT2D eigenvalue weighted by molar-refractivity contribution is 6.29. The summed E-state index contributed by atoms with van der Waals surface area (Å²) in [6.45, 7) is 3.52. The first-order chi connectivity index (χ1) is 9.22. The van der Waals surface area contributed by atoms with E-state index in [0.29, 0.717) is 5.15 Å². The van der Waals surface area contributed by atoms with Crippen LogP contribution in [0.1, 0.15) is 16.8 Å². The highest BCUT2D eigenvalue weighted by atomic mass is 35.5. The van der Waals surface area contributed by atoms with E-state index in [1.165, 1.54) is 11.1 Å². The second kappa shape index (κ2) is 5.10. The van der Waals surface area contributed by atoms with E-state index < -0.39 is 0 Å². The zero-order valence-corrected chi connectivity index (χ0v) is 11.5. The van der Waals surface area contributed by atoms with Crippen molar-refractivity contribution in [2.45, 2.75) is 19.9 Å². The van der Waals surface area contributed by atoms with E-state index in [1.54, 1.807) is 6.07 Å². The second-order valence-corrected chi connectivity index (χ2v) is 5.05. The maximum atomic E-state index is 5.85. The predicted octanol–water partition coefficient (Wildman–Crippen LogP) is 3.59. The van der Waals surface area contributed by atoms with Gasteiger partial charge in [0, 0.05) is 13.0 Å². The molecular weight excluding hydrogens is 260 g/mol. The molecule has 3 nitrogen and oxygen atoms in total. The molecule has 0 unspecified atom stereocenters. The lowest BCUT2D eigenvalue weighted by atomic mass is 10.1. The number of pyridine rings is 1. The lowest BCUT2D eigenvalue weighted by Crippen LogP contribution is -2.02. The molecule has 3 rings (SSSR count). The lowest BCUT2D eigenvalue weighted by Gasteiger charge is -2.10. The Morgan fingerprint density at radius 1 is 1.32 bits per heavy atom. The lowest BCUT2D eigenvalue weighted by molar-refractivity contribution is 0.357. The minimum Gasteiger partial charge on any atom is -0.493 e. The molecule has 1 aromatic carbocycles. The summed E-state index contributed by atoms with van der Waals surface area (Å²) in [6.07, 6.45) is 1.00. The molecule has 0 saturated heterocycles. The number of hydrogen-bond acceptors (Lipinski definition) is 3. The van der Waals surface area contributed by atoms with Gasteiger partial charge in [-0.3, -0.25) is 0 Å². The van der Waals surface area contributed by atoms with Crippen molar-refractivity contribution in [2.24, 2.45) is 0 Å². The predicted molar refractivity (Wildman–Crippen MR) is 77.0 cm³/mol. The van der Waals surface area contributed by atoms with Crippen molar-refractivity contribution in [3.8, 4) is 5.75 Å². The first kappa shape index (κ1) is 12.3. The maximum absolute atomic E-state index is 5.85. The largest absolute Gasteiger partial charge is 0.493 e. The van der Waals surface area contributed by atoms with Crippen molar-refractivity contribution >= 4 is 17.3 Å². The third-order valence-electron chi connectivity index (χ3n) is 3.29. The molecule has 0 amide bonds. The molecule has 0 saturated carbocycles. The number of nitrogens with zero attached hydrogens (tertiary/aromatic N) is 1. The van der Waals surface area contributed by atoms with Crippen LogP contribution in [0.5, 0.6) is 5.75 Å². The third kappa shape index (κ3) is 2.66. The van der Waals surface area contributed by atoms with Crippen LogP contribution in [0.3, 0.4) is 0 Å². The fourth-order valence-electron chi connectivity index (χ4n) is 2.26. The van der Waals surface area contributed by atoms with Gasteiger partial charge < -0.3 is 10.1 Å². The van der Waals surface area contributed by atoms with Crippen molar-refractivity contribution in [3.05, 3.63) is 52.3 Å². The zero-order valence-electron chi connectivity index (χ0n) is 10.7. The van der Waals surface area contributed by atoms with Crippen molar-refractivity contribution in [1.82, 2.24) is 4.98 Å². The molecular formula is C15H15ClN2O. The van der Waals surface area contributed by atoms with Crippen LogP contribution in [0.15, 0.2) is 30.3 Å². The van der Waals surface area contributed by atoms with Crippen molar-refractivity contribution < 1.29 is 4.74 Å². The summed E-state index contributed by atoms with van der Waals surface area (Å²) < 4.78 is 5.50. The Bertz CT molecular complexity index is 613. The molecule has 0 aliphatic carbocycles. The number of aryl methyl sites for hydroxylation is 1. The summed E-state index contributed by atoms with van der Waals surface area (Å²) in [7, 11) is 0. The number of nitrogens with one attached hydrogen (secondary N) is 1. The molecule has 4 heteroatoms. The summed E-state index contributed by atoms with van der Waals surface area (Å²) in [5.74, 6) is 1.02. The zero-order chi connectivity index (χ0) is 13.2. The molecule has 0 spiro atoms. The third-order valence-corrected chi connectivity index (χ3v) is 3.50. The normalized spacial score (nSPS) is 12.9. The SMILES string of the molecule is Cc1nc(Cl)ccc1NCc1ccc2c(c1)CCO2. The van der Waals surface area contributed by atoms with Gasteiger partial charge >= 0.3 is 0 Å². The van der Waals surface area contributed by atoms with Crippen LogP contribution in [-0.2, 0) is 13.0 Å². The maximum Gasteiger partial charge on any atom is 0.129 e. The van der Waals surface area contributed by atoms with Gasteiger partial charge in [-0.05, 0) is 36.2 Å². The quantitative estimate of drug-likeness (QED) is 0.869. The van der Waals surface area contributed by atoms with E-state index >= 15 is 0 Å². The summed E-state index contributed by atoms with van der Waals surface area (Å²) >= 11 is 5.85. The molecule has 98 valence electrons. The Labute approximate surface area is 117 Å². The van der Waals surface area contributed by atoms with Crippen LogP contribution in [0.4, 0.5) is 5.69 Å². The molecule has 0 bridgehead atoms. The minimum absolute atomic E-state index is 0.526. The van der Waals surface area contributed by atoms with Crippen LogP contribution in [0.25, 0.3) is 0 Å².